The van der Waals surface area contributed by atoms with Gasteiger partial charge in [-0.1, -0.05) is 0 Å². The summed E-state index contributed by atoms with van der Waals surface area (Å²) in [5, 5.41) is 4.23. The maximum absolute atomic E-state index is 12.4. The molecule has 0 aromatic carbocycles. The molecule has 0 amide bonds. The average molecular weight is 250 g/mol. The predicted molar refractivity (Wildman–Crippen MR) is 60.6 cm³/mol. The zero-order valence-corrected chi connectivity index (χ0v) is 11.4. The topological polar surface area (TPSA) is 51.2 Å². The summed E-state index contributed by atoms with van der Waals surface area (Å²) < 4.78 is 27.7. The van der Waals surface area contributed by atoms with Gasteiger partial charge in [-0.3, -0.25) is 4.57 Å². The van der Waals surface area contributed by atoms with Gasteiger partial charge in [-0.25, -0.2) is 0 Å². The predicted octanol–water partition coefficient (Wildman–Crippen LogP) is 1.47. The van der Waals surface area contributed by atoms with Gasteiger partial charge in [-0.05, 0) is 6.92 Å². The minimum atomic E-state index is -3.26. The van der Waals surface area contributed by atoms with Crippen LogP contribution in [-0.2, 0) is 18.3 Å². The number of methoxy groups -OCH3 is 1. The Morgan fingerprint density at radius 2 is 1.69 bits per heavy atom. The Hall–Kier alpha value is -0.390. The van der Waals surface area contributed by atoms with E-state index in [1.165, 1.54) is 14.2 Å². The fraction of sp³-hybridized carbons (Fsp3) is 0.778. The summed E-state index contributed by atoms with van der Waals surface area (Å²) in [7, 11) is 4.75. The van der Waals surface area contributed by atoms with E-state index in [4.69, 9.17) is 13.8 Å². The van der Waals surface area contributed by atoms with Crippen LogP contribution in [0.15, 0.2) is 11.0 Å². The van der Waals surface area contributed by atoms with E-state index in [-0.39, 0.29) is 0 Å². The van der Waals surface area contributed by atoms with Gasteiger partial charge in [0.25, 0.3) is 0 Å². The zero-order chi connectivity index (χ0) is 12.5. The Kier molecular flexibility index (Phi) is 4.15. The van der Waals surface area contributed by atoms with E-state index in [0.717, 1.165) is 5.70 Å². The molecular formula is C9H19N2O4P. The van der Waals surface area contributed by atoms with Crippen molar-refractivity contribution in [1.82, 2.24) is 10.0 Å². The summed E-state index contributed by atoms with van der Waals surface area (Å²) in [6, 6.07) is 0. The summed E-state index contributed by atoms with van der Waals surface area (Å²) in [5.41, 5.74) is 0.821. The van der Waals surface area contributed by atoms with Crippen LogP contribution in [0.3, 0.4) is 0 Å². The Morgan fingerprint density at radius 3 is 2.06 bits per heavy atom. The number of hydrazine groups is 1. The van der Waals surface area contributed by atoms with Crippen LogP contribution in [-0.4, -0.2) is 51.7 Å². The van der Waals surface area contributed by atoms with E-state index in [1.807, 2.05) is 31.0 Å². The van der Waals surface area contributed by atoms with Gasteiger partial charge in [0.05, 0.1) is 0 Å². The lowest BCUT2D eigenvalue weighted by Crippen LogP contribution is -2.37. The van der Waals surface area contributed by atoms with E-state index in [9.17, 15) is 4.57 Å². The van der Waals surface area contributed by atoms with Crippen LogP contribution >= 0.6 is 7.60 Å². The highest BCUT2D eigenvalue weighted by Gasteiger charge is 2.44. The molecule has 0 bridgehead atoms. The van der Waals surface area contributed by atoms with Crippen LogP contribution in [0.1, 0.15) is 6.92 Å². The molecule has 6 nitrogen and oxygen atoms in total. The second kappa shape index (κ2) is 4.85. The lowest BCUT2D eigenvalue weighted by atomic mass is 10.4. The second-order valence-corrected chi connectivity index (χ2v) is 5.73. The number of rotatable bonds is 4. The molecule has 94 valence electrons. The van der Waals surface area contributed by atoms with Gasteiger partial charge in [0.15, 0.2) is 6.23 Å². The minimum absolute atomic E-state index is 0.421. The van der Waals surface area contributed by atoms with Gasteiger partial charge in [-0.15, -0.1) is 0 Å². The largest absolute Gasteiger partial charge is 0.362 e. The van der Waals surface area contributed by atoms with Crippen molar-refractivity contribution < 1.29 is 18.3 Å². The third-order valence-electron chi connectivity index (χ3n) is 2.90. The lowest BCUT2D eigenvalue weighted by Gasteiger charge is -2.27. The van der Waals surface area contributed by atoms with Crippen molar-refractivity contribution >= 4 is 7.60 Å². The van der Waals surface area contributed by atoms with Crippen molar-refractivity contribution in [2.75, 3.05) is 35.4 Å². The lowest BCUT2D eigenvalue weighted by molar-refractivity contribution is -0.0640. The Morgan fingerprint density at radius 1 is 1.19 bits per heavy atom. The number of allylic oxidation sites excluding steroid dienone is 1. The first-order chi connectivity index (χ1) is 7.42. The SMILES string of the molecule is COC1C(P(=O)(OC)OC)=C(C)N(C)N1C. The third-order valence-corrected chi connectivity index (χ3v) is 5.00. The van der Waals surface area contributed by atoms with Crippen LogP contribution in [0.4, 0.5) is 0 Å². The van der Waals surface area contributed by atoms with Gasteiger partial charge in [0, 0.05) is 41.1 Å². The van der Waals surface area contributed by atoms with Crippen molar-refractivity contribution in [2.45, 2.75) is 13.2 Å². The van der Waals surface area contributed by atoms with E-state index in [0.29, 0.717) is 5.31 Å². The van der Waals surface area contributed by atoms with Gasteiger partial charge in [0.2, 0.25) is 0 Å². The molecule has 16 heavy (non-hydrogen) atoms. The summed E-state index contributed by atoms with van der Waals surface area (Å²) in [4.78, 5) is 0. The van der Waals surface area contributed by atoms with Crippen LogP contribution < -0.4 is 0 Å². The number of nitrogens with zero attached hydrogens (tertiary/aromatic N) is 2. The monoisotopic (exact) mass is 250 g/mol. The van der Waals surface area contributed by atoms with Gasteiger partial charge >= 0.3 is 7.60 Å². The fourth-order valence-electron chi connectivity index (χ4n) is 1.78. The van der Waals surface area contributed by atoms with E-state index in [2.05, 4.69) is 0 Å². The van der Waals surface area contributed by atoms with Crippen molar-refractivity contribution in [3.05, 3.63) is 11.0 Å². The first kappa shape index (κ1) is 13.7. The van der Waals surface area contributed by atoms with Crippen molar-refractivity contribution in [1.29, 1.82) is 0 Å². The molecule has 1 unspecified atom stereocenters. The molecule has 0 aromatic rings. The van der Waals surface area contributed by atoms with Crippen molar-refractivity contribution in [3.63, 3.8) is 0 Å². The molecule has 0 fully saturated rings. The molecular weight excluding hydrogens is 231 g/mol. The average Bonchev–Trinajstić information content (AvgIpc) is 2.52. The van der Waals surface area contributed by atoms with Gasteiger partial charge in [0.1, 0.15) is 5.31 Å². The van der Waals surface area contributed by atoms with E-state index < -0.39 is 13.8 Å². The molecule has 7 heteroatoms. The highest BCUT2D eigenvalue weighted by molar-refractivity contribution is 7.58. The molecule has 1 heterocycles. The number of ether oxygens (including phenoxy) is 1. The van der Waals surface area contributed by atoms with Gasteiger partial charge < -0.3 is 18.8 Å². The molecule has 0 aromatic heterocycles. The molecule has 0 radical (unpaired) electrons. The van der Waals surface area contributed by atoms with Crippen molar-refractivity contribution in [3.8, 4) is 0 Å². The summed E-state index contributed by atoms with van der Waals surface area (Å²) in [5.74, 6) is 0. The Labute approximate surface area is 96.3 Å². The van der Waals surface area contributed by atoms with Crippen LogP contribution in [0.5, 0.6) is 0 Å². The number of hydrogen-bond donors (Lipinski definition) is 0. The van der Waals surface area contributed by atoms with Gasteiger partial charge in [-0.2, -0.15) is 5.01 Å². The molecule has 0 aliphatic carbocycles. The van der Waals surface area contributed by atoms with E-state index in [1.54, 1.807) is 7.11 Å². The third kappa shape index (κ3) is 1.92. The maximum Gasteiger partial charge on any atom is 0.362 e. The molecule has 1 aliphatic heterocycles. The second-order valence-electron chi connectivity index (χ2n) is 3.52. The smallest absolute Gasteiger partial charge is 0.360 e. The maximum atomic E-state index is 12.4. The van der Waals surface area contributed by atoms with Crippen LogP contribution in [0.25, 0.3) is 0 Å². The minimum Gasteiger partial charge on any atom is -0.360 e. The quantitative estimate of drug-likeness (QED) is 0.704. The molecule has 0 spiro atoms. The van der Waals surface area contributed by atoms with Crippen molar-refractivity contribution in [2.24, 2.45) is 0 Å². The summed E-state index contributed by atoms with van der Waals surface area (Å²) in [6.07, 6.45) is -0.421. The molecule has 0 saturated carbocycles. The molecule has 0 N–H and O–H groups in total. The highest BCUT2D eigenvalue weighted by atomic mass is 31.2. The summed E-state index contributed by atoms with van der Waals surface area (Å²) >= 11 is 0. The normalized spacial score (nSPS) is 23.4. The molecule has 0 saturated heterocycles. The van der Waals surface area contributed by atoms with Crippen LogP contribution in [0.2, 0.25) is 0 Å². The molecule has 1 rings (SSSR count). The Balaban J connectivity index is 3.23. The molecule has 1 atom stereocenters. The standard InChI is InChI=1S/C9H19N2O4P/c1-7-8(16(12,14-5)15-6)9(13-4)11(3)10(7)2/h9H,1-6H3. The Bertz CT molecular complexity index is 336. The molecule has 1 aliphatic rings. The first-order valence-electron chi connectivity index (χ1n) is 4.85. The first-order valence-corrected chi connectivity index (χ1v) is 6.39. The zero-order valence-electron chi connectivity index (χ0n) is 10.6. The summed E-state index contributed by atoms with van der Waals surface area (Å²) in [6.45, 7) is 1.86. The number of hydrogen-bond acceptors (Lipinski definition) is 6. The number of likely N-dealkylation sites (N-methyl/N-ethyl adjacent to an activating group) is 1. The highest BCUT2D eigenvalue weighted by Crippen LogP contribution is 2.59. The van der Waals surface area contributed by atoms with Crippen LogP contribution in [0, 0.1) is 0 Å². The van der Waals surface area contributed by atoms with E-state index >= 15 is 0 Å². The fourth-order valence-corrected chi connectivity index (χ4v) is 3.41.